The van der Waals surface area contributed by atoms with Crippen LogP contribution in [0, 0.1) is 0 Å². The van der Waals surface area contributed by atoms with Crippen LogP contribution in [0.15, 0.2) is 66.7 Å². The Labute approximate surface area is 236 Å². The van der Waals surface area contributed by atoms with Crippen molar-refractivity contribution < 1.29 is 33.3 Å². The Morgan fingerprint density at radius 3 is 2.45 bits per heavy atom. The van der Waals surface area contributed by atoms with Gasteiger partial charge in [-0.15, -0.1) is 0 Å². The van der Waals surface area contributed by atoms with Crippen LogP contribution in [0.5, 0.6) is 17.2 Å². The summed E-state index contributed by atoms with van der Waals surface area (Å²) in [5.41, 5.74) is 2.25. The Morgan fingerprint density at radius 1 is 1.02 bits per heavy atom. The summed E-state index contributed by atoms with van der Waals surface area (Å²) in [4.78, 5) is 42.1. The SMILES string of the molecule is CCOC(=O)c1ccc(N2C(=O)[C@@H](CC(=O)Nc3ccc(OC)cc3)N(Cc3ccc4c(c3)OCO4)C2=S)cc1. The monoisotopic (exact) mass is 561 g/mol. The Kier molecular flexibility index (Phi) is 7.83. The fourth-order valence-corrected chi connectivity index (χ4v) is 4.90. The van der Waals surface area contributed by atoms with Crippen LogP contribution in [0.4, 0.5) is 11.4 Å². The van der Waals surface area contributed by atoms with Gasteiger partial charge in [-0.3, -0.25) is 14.5 Å². The van der Waals surface area contributed by atoms with E-state index in [0.717, 1.165) is 5.56 Å². The smallest absolute Gasteiger partial charge is 0.338 e. The predicted molar refractivity (Wildman–Crippen MR) is 151 cm³/mol. The molecule has 0 aromatic heterocycles. The largest absolute Gasteiger partial charge is 0.497 e. The number of thiocarbonyl (C=S) groups is 1. The molecular weight excluding hydrogens is 534 g/mol. The van der Waals surface area contributed by atoms with Gasteiger partial charge in [0.1, 0.15) is 11.8 Å². The zero-order chi connectivity index (χ0) is 28.2. The normalized spacial score (nSPS) is 15.8. The molecule has 0 spiro atoms. The number of hydrogen-bond acceptors (Lipinski definition) is 8. The van der Waals surface area contributed by atoms with Gasteiger partial charge in [0.2, 0.25) is 12.7 Å². The van der Waals surface area contributed by atoms with Gasteiger partial charge < -0.3 is 29.2 Å². The highest BCUT2D eigenvalue weighted by Gasteiger charge is 2.44. The Hall–Kier alpha value is -4.64. The molecule has 5 rings (SSSR count). The molecule has 0 bridgehead atoms. The summed E-state index contributed by atoms with van der Waals surface area (Å²) in [7, 11) is 1.56. The van der Waals surface area contributed by atoms with Crippen molar-refractivity contribution in [2.75, 3.05) is 30.7 Å². The fraction of sp³-hybridized carbons (Fsp3) is 0.241. The number of carbonyl (C=O) groups is 3. The van der Waals surface area contributed by atoms with Gasteiger partial charge in [-0.2, -0.15) is 0 Å². The molecule has 2 heterocycles. The molecule has 1 saturated heterocycles. The number of anilines is 2. The summed E-state index contributed by atoms with van der Waals surface area (Å²) in [5, 5.41) is 3.08. The van der Waals surface area contributed by atoms with Gasteiger partial charge in [0.05, 0.1) is 31.4 Å². The van der Waals surface area contributed by atoms with Gasteiger partial charge in [-0.1, -0.05) is 6.07 Å². The van der Waals surface area contributed by atoms with Crippen molar-refractivity contribution in [3.05, 3.63) is 77.9 Å². The average molecular weight is 562 g/mol. The molecule has 1 fully saturated rings. The van der Waals surface area contributed by atoms with Crippen LogP contribution < -0.4 is 24.4 Å². The van der Waals surface area contributed by atoms with E-state index < -0.39 is 12.0 Å². The van der Waals surface area contributed by atoms with Crippen molar-refractivity contribution in [2.45, 2.75) is 25.9 Å². The maximum atomic E-state index is 13.8. The molecule has 2 amide bonds. The molecule has 0 saturated carbocycles. The summed E-state index contributed by atoms with van der Waals surface area (Å²) in [6.45, 7) is 2.39. The number of carbonyl (C=O) groups excluding carboxylic acids is 3. The second-order valence-electron chi connectivity index (χ2n) is 9.04. The first-order valence-corrected chi connectivity index (χ1v) is 13.0. The van der Waals surface area contributed by atoms with Crippen molar-refractivity contribution in [3.63, 3.8) is 0 Å². The lowest BCUT2D eigenvalue weighted by Crippen LogP contribution is -2.37. The maximum Gasteiger partial charge on any atom is 0.338 e. The summed E-state index contributed by atoms with van der Waals surface area (Å²) < 4.78 is 21.1. The molecule has 11 heteroatoms. The van der Waals surface area contributed by atoms with E-state index in [-0.39, 0.29) is 43.3 Å². The van der Waals surface area contributed by atoms with Gasteiger partial charge in [-0.05, 0) is 85.4 Å². The van der Waals surface area contributed by atoms with Crippen LogP contribution in [0.25, 0.3) is 0 Å². The van der Waals surface area contributed by atoms with Crippen LogP contribution in [0.3, 0.4) is 0 Å². The predicted octanol–water partition coefficient (Wildman–Crippen LogP) is 4.13. The molecule has 0 unspecified atom stereocenters. The third-order valence-corrected chi connectivity index (χ3v) is 6.91. The zero-order valence-corrected chi connectivity index (χ0v) is 22.7. The molecule has 0 radical (unpaired) electrons. The molecule has 206 valence electrons. The number of methoxy groups -OCH3 is 1. The van der Waals surface area contributed by atoms with Crippen molar-refractivity contribution >= 4 is 46.5 Å². The van der Waals surface area contributed by atoms with E-state index in [4.69, 9.17) is 31.2 Å². The number of amides is 2. The number of hydrogen-bond donors (Lipinski definition) is 1. The van der Waals surface area contributed by atoms with E-state index in [1.165, 1.54) is 4.90 Å². The second kappa shape index (κ2) is 11.6. The molecule has 0 aliphatic carbocycles. The minimum Gasteiger partial charge on any atom is -0.497 e. The van der Waals surface area contributed by atoms with Gasteiger partial charge in [-0.25, -0.2) is 4.79 Å². The van der Waals surface area contributed by atoms with Gasteiger partial charge >= 0.3 is 5.97 Å². The van der Waals surface area contributed by atoms with Gasteiger partial charge in [0.15, 0.2) is 16.6 Å². The minimum atomic E-state index is -0.860. The molecule has 3 aromatic rings. The van der Waals surface area contributed by atoms with Crippen molar-refractivity contribution in [3.8, 4) is 17.2 Å². The molecule has 1 atom stereocenters. The fourth-order valence-electron chi connectivity index (χ4n) is 4.51. The zero-order valence-electron chi connectivity index (χ0n) is 21.9. The molecule has 1 N–H and O–H groups in total. The Balaban J connectivity index is 1.39. The number of nitrogens with one attached hydrogen (secondary N) is 1. The van der Waals surface area contributed by atoms with Gasteiger partial charge in [0, 0.05) is 12.2 Å². The molecule has 40 heavy (non-hydrogen) atoms. The lowest BCUT2D eigenvalue weighted by Gasteiger charge is -2.24. The van der Waals surface area contributed by atoms with E-state index in [0.29, 0.717) is 34.2 Å². The highest BCUT2D eigenvalue weighted by molar-refractivity contribution is 7.80. The van der Waals surface area contributed by atoms with E-state index >= 15 is 0 Å². The van der Waals surface area contributed by atoms with Crippen LogP contribution in [-0.4, -0.2) is 54.3 Å². The molecule has 3 aromatic carbocycles. The summed E-state index contributed by atoms with van der Waals surface area (Å²) in [6, 6.07) is 18.0. The lowest BCUT2D eigenvalue weighted by atomic mass is 10.1. The number of esters is 1. The number of nitrogens with zero attached hydrogens (tertiary/aromatic N) is 2. The third-order valence-electron chi connectivity index (χ3n) is 6.50. The first-order valence-electron chi connectivity index (χ1n) is 12.6. The van der Waals surface area contributed by atoms with Crippen molar-refractivity contribution in [1.82, 2.24) is 4.90 Å². The van der Waals surface area contributed by atoms with Gasteiger partial charge in [0.25, 0.3) is 5.91 Å². The van der Waals surface area contributed by atoms with Crippen molar-refractivity contribution in [2.24, 2.45) is 0 Å². The summed E-state index contributed by atoms with van der Waals surface area (Å²) in [6.07, 6.45) is -0.132. The minimum absolute atomic E-state index is 0.132. The highest BCUT2D eigenvalue weighted by Crippen LogP contribution is 2.35. The summed E-state index contributed by atoms with van der Waals surface area (Å²) >= 11 is 5.77. The highest BCUT2D eigenvalue weighted by atomic mass is 32.1. The average Bonchev–Trinajstić information content (AvgIpc) is 3.51. The van der Waals surface area contributed by atoms with Crippen LogP contribution in [-0.2, 0) is 20.9 Å². The first-order chi connectivity index (χ1) is 19.4. The molecular formula is C29H27N3O7S. The van der Waals surface area contributed by atoms with E-state index in [1.807, 2.05) is 12.1 Å². The Bertz CT molecular complexity index is 1440. The molecule has 2 aliphatic rings. The third kappa shape index (κ3) is 5.55. The standard InChI is InChI=1S/C29H27N3O7S/c1-3-37-28(35)19-5-9-21(10-6-19)32-27(34)23(15-26(33)30-20-7-11-22(36-2)12-8-20)31(29(32)40)16-18-4-13-24-25(14-18)39-17-38-24/h4-14,23H,3,15-17H2,1-2H3,(H,30,33)/t23-/m1/s1. The number of ether oxygens (including phenoxy) is 4. The van der Waals surface area contributed by atoms with E-state index in [2.05, 4.69) is 5.32 Å². The van der Waals surface area contributed by atoms with E-state index in [9.17, 15) is 14.4 Å². The molecule has 10 nitrogen and oxygen atoms in total. The quantitative estimate of drug-likeness (QED) is 0.305. The van der Waals surface area contributed by atoms with Crippen LogP contribution >= 0.6 is 12.2 Å². The van der Waals surface area contributed by atoms with Crippen molar-refractivity contribution in [1.29, 1.82) is 0 Å². The maximum absolute atomic E-state index is 13.8. The van der Waals surface area contributed by atoms with Crippen LogP contribution in [0.1, 0.15) is 29.3 Å². The molecule has 2 aliphatic heterocycles. The number of fused-ring (bicyclic) bond motifs is 1. The second-order valence-corrected chi connectivity index (χ2v) is 9.40. The van der Waals surface area contributed by atoms with E-state index in [1.54, 1.807) is 73.5 Å². The topological polar surface area (TPSA) is 107 Å². The summed E-state index contributed by atoms with van der Waals surface area (Å²) in [5.74, 6) is 0.758. The number of benzene rings is 3. The Morgan fingerprint density at radius 2 is 1.75 bits per heavy atom. The lowest BCUT2D eigenvalue weighted by molar-refractivity contribution is -0.124. The van der Waals surface area contributed by atoms with Crippen LogP contribution in [0.2, 0.25) is 0 Å². The number of rotatable bonds is 9. The first kappa shape index (κ1) is 26.9.